The van der Waals surface area contributed by atoms with Crippen LogP contribution in [0, 0.1) is 0 Å². The van der Waals surface area contributed by atoms with E-state index >= 15 is 0 Å². The number of nitrogens with two attached hydrogens (primary N) is 1. The minimum absolute atomic E-state index is 0.0683. The molecule has 0 aromatic heterocycles. The number of piperidine rings is 1. The molecular weight excluding hydrogens is 198 g/mol. The van der Waals surface area contributed by atoms with Crippen molar-refractivity contribution in [2.24, 2.45) is 5.73 Å². The summed E-state index contributed by atoms with van der Waals surface area (Å²) in [5.74, 6) is 0. The van der Waals surface area contributed by atoms with Crippen LogP contribution >= 0.6 is 0 Å². The molecule has 78 valence electrons. The predicted molar refractivity (Wildman–Crippen MR) is 47.5 cm³/mol. The van der Waals surface area contributed by atoms with E-state index in [1.165, 1.54) is 4.31 Å². The fourth-order valence-electron chi connectivity index (χ4n) is 1.27. The summed E-state index contributed by atoms with van der Waals surface area (Å²) in [6, 6.07) is 0.0683. The minimum atomic E-state index is -3.14. The third-order valence-electron chi connectivity index (χ3n) is 2.04. The van der Waals surface area contributed by atoms with Crippen molar-refractivity contribution in [1.82, 2.24) is 4.31 Å². The van der Waals surface area contributed by atoms with E-state index in [0.29, 0.717) is 32.9 Å². The lowest BCUT2D eigenvalue weighted by atomic mass is 10.1. The molecule has 1 fully saturated rings. The molecule has 1 heterocycles. The Balaban J connectivity index is 2.50. The highest BCUT2D eigenvalue weighted by Crippen LogP contribution is 2.22. The Labute approximate surface area is 78.9 Å². The maximum absolute atomic E-state index is 12.6. The largest absolute Gasteiger partial charge is 0.331 e. The number of alkyl halides is 2. The van der Waals surface area contributed by atoms with Crippen LogP contribution in [-0.2, 0) is 11.0 Å². The Morgan fingerprint density at radius 3 is 2.31 bits per heavy atom. The quantitative estimate of drug-likeness (QED) is 0.732. The zero-order chi connectivity index (χ0) is 10.1. The fourth-order valence-corrected chi connectivity index (χ4v) is 2.26. The maximum atomic E-state index is 12.6. The number of halogens is 2. The number of hydrogen-bond donors (Lipinski definition) is 1. The van der Waals surface area contributed by atoms with Crippen molar-refractivity contribution in [3.63, 3.8) is 0 Å². The maximum Gasteiger partial charge on any atom is 0.331 e. The molecule has 0 aliphatic carbocycles. The standard InChI is InChI=1S/C7H14F2N2OS/c1-7(8,9)13(12)11-4-2-6(10)3-5-11/h6H,2-5,10H2,1H3. The van der Waals surface area contributed by atoms with Gasteiger partial charge in [-0.3, -0.25) is 0 Å². The second kappa shape index (κ2) is 3.98. The van der Waals surface area contributed by atoms with Crippen LogP contribution in [0.25, 0.3) is 0 Å². The molecule has 1 aliphatic rings. The van der Waals surface area contributed by atoms with Gasteiger partial charge in [-0.2, -0.15) is 8.78 Å². The monoisotopic (exact) mass is 212 g/mol. The molecule has 0 aromatic carbocycles. The van der Waals surface area contributed by atoms with Crippen molar-refractivity contribution >= 4 is 11.0 Å². The van der Waals surface area contributed by atoms with E-state index in [1.54, 1.807) is 0 Å². The Morgan fingerprint density at radius 1 is 1.46 bits per heavy atom. The average molecular weight is 212 g/mol. The molecule has 1 aliphatic heterocycles. The van der Waals surface area contributed by atoms with Gasteiger partial charge in [0.15, 0.2) is 11.0 Å². The van der Waals surface area contributed by atoms with Crippen LogP contribution in [0.2, 0.25) is 0 Å². The summed E-state index contributed by atoms with van der Waals surface area (Å²) in [5, 5.41) is -3.14. The van der Waals surface area contributed by atoms with E-state index in [0.717, 1.165) is 0 Å². The summed E-state index contributed by atoms with van der Waals surface area (Å²) >= 11 is 0. The minimum Gasteiger partial charge on any atom is -0.328 e. The Morgan fingerprint density at radius 2 is 1.92 bits per heavy atom. The number of hydrogen-bond acceptors (Lipinski definition) is 2. The van der Waals surface area contributed by atoms with Gasteiger partial charge in [-0.15, -0.1) is 0 Å². The summed E-state index contributed by atoms with van der Waals surface area (Å²) in [5.41, 5.74) is 5.59. The van der Waals surface area contributed by atoms with Crippen molar-refractivity contribution in [3.05, 3.63) is 0 Å². The molecule has 3 nitrogen and oxygen atoms in total. The van der Waals surface area contributed by atoms with Crippen molar-refractivity contribution in [1.29, 1.82) is 0 Å². The second-order valence-corrected chi connectivity index (χ2v) is 5.05. The van der Waals surface area contributed by atoms with E-state index in [9.17, 15) is 13.0 Å². The highest BCUT2D eigenvalue weighted by Gasteiger charge is 2.36. The first-order valence-electron chi connectivity index (χ1n) is 4.21. The van der Waals surface area contributed by atoms with Crippen LogP contribution in [0.4, 0.5) is 8.78 Å². The zero-order valence-electron chi connectivity index (χ0n) is 7.50. The molecule has 0 aromatic rings. The van der Waals surface area contributed by atoms with Gasteiger partial charge >= 0.3 is 5.25 Å². The summed E-state index contributed by atoms with van der Waals surface area (Å²) in [6.07, 6.45) is 1.28. The van der Waals surface area contributed by atoms with E-state index < -0.39 is 16.2 Å². The zero-order valence-corrected chi connectivity index (χ0v) is 8.32. The van der Waals surface area contributed by atoms with Gasteiger partial charge in [-0.1, -0.05) is 0 Å². The first-order chi connectivity index (χ1) is 5.91. The van der Waals surface area contributed by atoms with Gasteiger partial charge in [0.1, 0.15) is 0 Å². The van der Waals surface area contributed by atoms with Crippen molar-refractivity contribution < 1.29 is 13.0 Å². The summed E-state index contributed by atoms with van der Waals surface area (Å²) < 4.78 is 37.7. The highest BCUT2D eigenvalue weighted by molar-refractivity contribution is 7.83. The molecule has 0 bridgehead atoms. The lowest BCUT2D eigenvalue weighted by Crippen LogP contribution is -2.44. The van der Waals surface area contributed by atoms with Crippen molar-refractivity contribution in [2.75, 3.05) is 13.1 Å². The SMILES string of the molecule is CC(F)(F)S(=O)N1CCC(N)CC1. The average Bonchev–Trinajstić information content (AvgIpc) is 2.03. The van der Waals surface area contributed by atoms with Crippen LogP contribution in [0.3, 0.4) is 0 Å². The van der Waals surface area contributed by atoms with E-state index in [2.05, 4.69) is 0 Å². The van der Waals surface area contributed by atoms with Gasteiger partial charge in [-0.05, 0) is 12.8 Å². The van der Waals surface area contributed by atoms with Gasteiger partial charge in [0.25, 0.3) is 0 Å². The first kappa shape index (κ1) is 11.0. The van der Waals surface area contributed by atoms with E-state index in [1.807, 2.05) is 0 Å². The molecule has 1 atom stereocenters. The van der Waals surface area contributed by atoms with E-state index in [-0.39, 0.29) is 6.04 Å². The lowest BCUT2D eigenvalue weighted by Gasteiger charge is -2.30. The van der Waals surface area contributed by atoms with Gasteiger partial charge in [0, 0.05) is 26.1 Å². The molecule has 2 N–H and O–H groups in total. The summed E-state index contributed by atoms with van der Waals surface area (Å²) in [6.45, 7) is 1.48. The molecular formula is C7H14F2N2OS. The summed E-state index contributed by atoms with van der Waals surface area (Å²) in [4.78, 5) is 0. The van der Waals surface area contributed by atoms with Crippen LogP contribution < -0.4 is 5.73 Å². The van der Waals surface area contributed by atoms with Gasteiger partial charge in [0.05, 0.1) is 0 Å². The smallest absolute Gasteiger partial charge is 0.328 e. The molecule has 13 heavy (non-hydrogen) atoms. The van der Waals surface area contributed by atoms with Gasteiger partial charge in [-0.25, -0.2) is 8.51 Å². The predicted octanol–water partition coefficient (Wildman–Crippen LogP) is 0.686. The second-order valence-electron chi connectivity index (χ2n) is 3.32. The molecule has 0 radical (unpaired) electrons. The topological polar surface area (TPSA) is 46.3 Å². The molecule has 1 saturated heterocycles. The van der Waals surface area contributed by atoms with Crippen LogP contribution in [0.5, 0.6) is 0 Å². The normalized spacial score (nSPS) is 24.6. The molecule has 0 spiro atoms. The van der Waals surface area contributed by atoms with Crippen LogP contribution in [-0.4, -0.2) is 32.9 Å². The van der Waals surface area contributed by atoms with Gasteiger partial charge < -0.3 is 5.73 Å². The molecule has 0 saturated carbocycles. The Kier molecular flexibility index (Phi) is 3.37. The molecule has 1 rings (SSSR count). The number of nitrogens with zero attached hydrogens (tertiary/aromatic N) is 1. The van der Waals surface area contributed by atoms with Crippen molar-refractivity contribution in [3.8, 4) is 0 Å². The summed E-state index contributed by atoms with van der Waals surface area (Å²) in [7, 11) is -2.19. The van der Waals surface area contributed by atoms with Crippen LogP contribution in [0.1, 0.15) is 19.8 Å². The van der Waals surface area contributed by atoms with E-state index in [4.69, 9.17) is 5.73 Å². The van der Waals surface area contributed by atoms with Crippen molar-refractivity contribution in [2.45, 2.75) is 31.1 Å². The molecule has 0 amide bonds. The third kappa shape index (κ3) is 2.96. The Bertz CT molecular complexity index is 199. The van der Waals surface area contributed by atoms with Crippen LogP contribution in [0.15, 0.2) is 0 Å². The number of rotatable bonds is 2. The molecule has 1 unspecified atom stereocenters. The Hall–Kier alpha value is -0.0700. The third-order valence-corrected chi connectivity index (χ3v) is 3.49. The lowest BCUT2D eigenvalue weighted by molar-refractivity contribution is 0.112. The highest BCUT2D eigenvalue weighted by atomic mass is 32.2. The van der Waals surface area contributed by atoms with Gasteiger partial charge in [0.2, 0.25) is 0 Å². The fraction of sp³-hybridized carbons (Fsp3) is 1.00. The first-order valence-corrected chi connectivity index (χ1v) is 5.32. The molecule has 6 heteroatoms.